The molecular formula is C19H23N3O4. The van der Waals surface area contributed by atoms with E-state index in [1.54, 1.807) is 46.5 Å². The highest BCUT2D eigenvalue weighted by Gasteiger charge is 2.09. The highest BCUT2D eigenvalue weighted by Crippen LogP contribution is 2.24. The van der Waals surface area contributed by atoms with Gasteiger partial charge in [-0.05, 0) is 49.4 Å². The number of methoxy groups -OCH3 is 3. The van der Waals surface area contributed by atoms with Gasteiger partial charge in [-0.3, -0.25) is 4.79 Å². The average molecular weight is 357 g/mol. The largest absolute Gasteiger partial charge is 0.497 e. The van der Waals surface area contributed by atoms with E-state index in [4.69, 9.17) is 14.2 Å². The topological polar surface area (TPSA) is 81.2 Å². The monoisotopic (exact) mass is 357 g/mol. The van der Waals surface area contributed by atoms with Crippen LogP contribution in [0.15, 0.2) is 47.6 Å². The molecule has 0 aliphatic heterocycles. The summed E-state index contributed by atoms with van der Waals surface area (Å²) in [5.41, 5.74) is 4.70. The van der Waals surface area contributed by atoms with Crippen molar-refractivity contribution < 1.29 is 19.0 Å². The Balaban J connectivity index is 1.96. The molecule has 0 saturated heterocycles. The first-order valence-electron chi connectivity index (χ1n) is 8.00. The van der Waals surface area contributed by atoms with E-state index in [1.807, 2.05) is 24.3 Å². The number of carbonyl (C=O) groups excluding carboxylic acids is 1. The molecule has 0 heterocycles. The Morgan fingerprint density at radius 3 is 2.23 bits per heavy atom. The van der Waals surface area contributed by atoms with Gasteiger partial charge in [-0.15, -0.1) is 0 Å². The SMILES string of the molecule is COc1ccc(NCC(=O)N/N=C(/C)c2cc(OC)ccc2OC)cc1. The van der Waals surface area contributed by atoms with E-state index in [1.165, 1.54) is 0 Å². The number of nitrogens with one attached hydrogen (secondary N) is 2. The molecule has 2 rings (SSSR count). The second-order valence-electron chi connectivity index (χ2n) is 5.38. The van der Waals surface area contributed by atoms with Crippen molar-refractivity contribution in [1.82, 2.24) is 5.43 Å². The van der Waals surface area contributed by atoms with Gasteiger partial charge in [0.2, 0.25) is 0 Å². The lowest BCUT2D eigenvalue weighted by Crippen LogP contribution is -2.26. The molecule has 0 atom stereocenters. The summed E-state index contributed by atoms with van der Waals surface area (Å²) in [5, 5.41) is 7.16. The number of hydrazone groups is 1. The lowest BCUT2D eigenvalue weighted by atomic mass is 10.1. The molecule has 138 valence electrons. The van der Waals surface area contributed by atoms with Crippen LogP contribution in [0, 0.1) is 0 Å². The molecule has 2 aromatic carbocycles. The molecule has 7 heteroatoms. The van der Waals surface area contributed by atoms with Crippen LogP contribution in [0.5, 0.6) is 17.2 Å². The number of carbonyl (C=O) groups is 1. The van der Waals surface area contributed by atoms with E-state index in [2.05, 4.69) is 15.8 Å². The maximum Gasteiger partial charge on any atom is 0.259 e. The van der Waals surface area contributed by atoms with Gasteiger partial charge in [0.1, 0.15) is 17.2 Å². The van der Waals surface area contributed by atoms with E-state index in [-0.39, 0.29) is 12.5 Å². The molecule has 1 amide bonds. The highest BCUT2D eigenvalue weighted by atomic mass is 16.5. The third-order valence-electron chi connectivity index (χ3n) is 3.69. The fourth-order valence-electron chi connectivity index (χ4n) is 2.23. The van der Waals surface area contributed by atoms with E-state index >= 15 is 0 Å². The van der Waals surface area contributed by atoms with Crippen LogP contribution in [0.25, 0.3) is 0 Å². The van der Waals surface area contributed by atoms with Gasteiger partial charge in [-0.1, -0.05) is 0 Å². The molecule has 0 aromatic heterocycles. The number of benzene rings is 2. The van der Waals surface area contributed by atoms with E-state index in [9.17, 15) is 4.79 Å². The number of rotatable bonds is 8. The van der Waals surface area contributed by atoms with Crippen LogP contribution in [0.1, 0.15) is 12.5 Å². The normalized spacial score (nSPS) is 10.8. The van der Waals surface area contributed by atoms with Crippen molar-refractivity contribution in [2.24, 2.45) is 5.10 Å². The fraction of sp³-hybridized carbons (Fsp3) is 0.263. The van der Waals surface area contributed by atoms with E-state index in [0.717, 1.165) is 17.0 Å². The van der Waals surface area contributed by atoms with Crippen LogP contribution in [-0.4, -0.2) is 39.5 Å². The molecule has 26 heavy (non-hydrogen) atoms. The summed E-state index contributed by atoms with van der Waals surface area (Å²) in [6.45, 7) is 1.88. The third kappa shape index (κ3) is 5.14. The number of amides is 1. The van der Waals surface area contributed by atoms with Crippen molar-refractivity contribution in [2.45, 2.75) is 6.92 Å². The molecule has 0 saturated carbocycles. The summed E-state index contributed by atoms with van der Waals surface area (Å²) >= 11 is 0. The summed E-state index contributed by atoms with van der Waals surface area (Å²) in [6, 6.07) is 12.7. The molecule has 0 unspecified atom stereocenters. The van der Waals surface area contributed by atoms with E-state index < -0.39 is 0 Å². The zero-order chi connectivity index (χ0) is 18.9. The van der Waals surface area contributed by atoms with Crippen molar-refractivity contribution in [3.8, 4) is 17.2 Å². The minimum absolute atomic E-state index is 0.0956. The first kappa shape index (κ1) is 19.1. The van der Waals surface area contributed by atoms with Crippen LogP contribution in [0.3, 0.4) is 0 Å². The van der Waals surface area contributed by atoms with Gasteiger partial charge in [0, 0.05) is 11.3 Å². The smallest absolute Gasteiger partial charge is 0.259 e. The Hall–Kier alpha value is -3.22. The maximum atomic E-state index is 12.0. The van der Waals surface area contributed by atoms with Gasteiger partial charge in [-0.2, -0.15) is 5.10 Å². The highest BCUT2D eigenvalue weighted by molar-refractivity contribution is 6.02. The van der Waals surface area contributed by atoms with Crippen LogP contribution in [0.4, 0.5) is 5.69 Å². The molecule has 2 aromatic rings. The summed E-state index contributed by atoms with van der Waals surface area (Å²) in [5.74, 6) is 1.83. The molecular weight excluding hydrogens is 334 g/mol. The molecule has 0 aliphatic carbocycles. The lowest BCUT2D eigenvalue weighted by Gasteiger charge is -2.10. The predicted octanol–water partition coefficient (Wildman–Crippen LogP) is 2.66. The summed E-state index contributed by atoms with van der Waals surface area (Å²) in [4.78, 5) is 12.0. The molecule has 0 spiro atoms. The van der Waals surface area contributed by atoms with Crippen molar-refractivity contribution in [3.63, 3.8) is 0 Å². The van der Waals surface area contributed by atoms with Crippen molar-refractivity contribution >= 4 is 17.3 Å². The fourth-order valence-corrected chi connectivity index (χ4v) is 2.23. The van der Waals surface area contributed by atoms with Gasteiger partial charge in [0.15, 0.2) is 0 Å². The zero-order valence-corrected chi connectivity index (χ0v) is 15.3. The Labute approximate surface area is 153 Å². The van der Waals surface area contributed by atoms with Crippen molar-refractivity contribution in [1.29, 1.82) is 0 Å². The molecule has 2 N–H and O–H groups in total. The standard InChI is InChI=1S/C19H23N3O4/c1-13(17-11-16(25-3)9-10-18(17)26-4)21-22-19(23)12-20-14-5-7-15(24-2)8-6-14/h5-11,20H,12H2,1-4H3,(H,22,23)/b21-13-. The first-order valence-corrected chi connectivity index (χ1v) is 8.00. The minimum Gasteiger partial charge on any atom is -0.497 e. The number of hydrogen-bond acceptors (Lipinski definition) is 6. The van der Waals surface area contributed by atoms with Gasteiger partial charge >= 0.3 is 0 Å². The zero-order valence-electron chi connectivity index (χ0n) is 15.3. The van der Waals surface area contributed by atoms with Crippen LogP contribution in [-0.2, 0) is 4.79 Å². The summed E-state index contributed by atoms with van der Waals surface area (Å²) in [6.07, 6.45) is 0. The Kier molecular flexibility index (Phi) is 6.84. The minimum atomic E-state index is -0.262. The van der Waals surface area contributed by atoms with E-state index in [0.29, 0.717) is 17.2 Å². The summed E-state index contributed by atoms with van der Waals surface area (Å²) < 4.78 is 15.6. The predicted molar refractivity (Wildman–Crippen MR) is 101 cm³/mol. The molecule has 0 radical (unpaired) electrons. The second kappa shape index (κ2) is 9.31. The number of ether oxygens (including phenoxy) is 3. The molecule has 7 nitrogen and oxygen atoms in total. The molecule has 0 fully saturated rings. The Bertz CT molecular complexity index is 773. The number of anilines is 1. The first-order chi connectivity index (χ1) is 12.6. The number of nitrogens with zero attached hydrogens (tertiary/aromatic N) is 1. The maximum absolute atomic E-state index is 12.0. The molecule has 0 bridgehead atoms. The third-order valence-corrected chi connectivity index (χ3v) is 3.69. The van der Waals surface area contributed by atoms with Gasteiger partial charge < -0.3 is 19.5 Å². The van der Waals surface area contributed by atoms with Gasteiger partial charge in [0.25, 0.3) is 5.91 Å². The molecule has 0 aliphatic rings. The lowest BCUT2D eigenvalue weighted by molar-refractivity contribution is -0.119. The quantitative estimate of drug-likeness (QED) is 0.561. The van der Waals surface area contributed by atoms with Crippen LogP contribution >= 0.6 is 0 Å². The van der Waals surface area contributed by atoms with Crippen molar-refractivity contribution in [3.05, 3.63) is 48.0 Å². The van der Waals surface area contributed by atoms with Crippen molar-refractivity contribution in [2.75, 3.05) is 33.2 Å². The second-order valence-corrected chi connectivity index (χ2v) is 5.38. The number of hydrogen-bond donors (Lipinski definition) is 2. The van der Waals surface area contributed by atoms with Crippen LogP contribution in [0.2, 0.25) is 0 Å². The van der Waals surface area contributed by atoms with Crippen LogP contribution < -0.4 is 25.0 Å². The Morgan fingerprint density at radius 2 is 1.62 bits per heavy atom. The van der Waals surface area contributed by atoms with Gasteiger partial charge in [0.05, 0.1) is 33.6 Å². The average Bonchev–Trinajstić information content (AvgIpc) is 2.70. The summed E-state index contributed by atoms with van der Waals surface area (Å²) in [7, 11) is 4.77. The van der Waals surface area contributed by atoms with Gasteiger partial charge in [-0.25, -0.2) is 5.43 Å². The Morgan fingerprint density at radius 1 is 0.962 bits per heavy atom.